The van der Waals surface area contributed by atoms with Crippen LogP contribution in [-0.4, -0.2) is 34.9 Å². The quantitative estimate of drug-likeness (QED) is 0.263. The van der Waals surface area contributed by atoms with Gasteiger partial charge in [-0.2, -0.15) is 13.2 Å². The Morgan fingerprint density at radius 3 is 2.61 bits per heavy atom. The van der Waals surface area contributed by atoms with Crippen molar-refractivity contribution in [2.75, 3.05) is 5.73 Å². The first kappa shape index (κ1) is 26.8. The van der Waals surface area contributed by atoms with Crippen molar-refractivity contribution in [3.63, 3.8) is 0 Å². The average Bonchev–Trinajstić information content (AvgIpc) is 3.63. The highest BCUT2D eigenvalue weighted by Crippen LogP contribution is 2.43. The van der Waals surface area contributed by atoms with Crippen molar-refractivity contribution >= 4 is 48.9 Å². The van der Waals surface area contributed by atoms with Gasteiger partial charge in [0.2, 0.25) is 10.0 Å². The predicted molar refractivity (Wildman–Crippen MR) is 141 cm³/mol. The Bertz CT molecular complexity index is 1640. The summed E-state index contributed by atoms with van der Waals surface area (Å²) in [5.74, 6) is 0.166. The van der Waals surface area contributed by atoms with Crippen LogP contribution in [0.5, 0.6) is 0 Å². The molecule has 38 heavy (non-hydrogen) atoms. The van der Waals surface area contributed by atoms with Gasteiger partial charge in [0.15, 0.2) is 5.60 Å². The molecule has 7 nitrogen and oxygen atoms in total. The normalized spacial score (nSPS) is 16.9. The molecule has 0 amide bonds. The summed E-state index contributed by atoms with van der Waals surface area (Å²) in [6.45, 7) is 0.689. The maximum Gasteiger partial charge on any atom is 0.421 e. The number of alkyl halides is 3. The van der Waals surface area contributed by atoms with Gasteiger partial charge in [0, 0.05) is 21.3 Å². The van der Waals surface area contributed by atoms with Crippen molar-refractivity contribution in [3.05, 3.63) is 75.9 Å². The third kappa shape index (κ3) is 4.98. The number of sulfonamides is 1. The molecule has 0 unspecified atom stereocenters. The lowest BCUT2D eigenvalue weighted by atomic mass is 9.94. The number of halogens is 4. The number of aromatic nitrogens is 2. The molecular weight excluding hydrogens is 561 g/mol. The van der Waals surface area contributed by atoms with Gasteiger partial charge in [-0.3, -0.25) is 4.98 Å². The van der Waals surface area contributed by atoms with Crippen molar-refractivity contribution < 1.29 is 26.7 Å². The van der Waals surface area contributed by atoms with Crippen molar-refractivity contribution in [3.8, 4) is 11.3 Å². The lowest BCUT2D eigenvalue weighted by molar-refractivity contribution is -0.258. The number of benzene rings is 1. The van der Waals surface area contributed by atoms with Gasteiger partial charge in [0.05, 0.1) is 27.7 Å². The Labute approximate surface area is 225 Å². The van der Waals surface area contributed by atoms with E-state index in [9.17, 15) is 26.7 Å². The van der Waals surface area contributed by atoms with Gasteiger partial charge in [0.1, 0.15) is 5.82 Å². The van der Waals surface area contributed by atoms with Gasteiger partial charge in [-0.15, -0.1) is 11.3 Å². The molecule has 3 heterocycles. The van der Waals surface area contributed by atoms with Crippen LogP contribution in [0.4, 0.5) is 19.0 Å². The molecule has 0 aliphatic heterocycles. The van der Waals surface area contributed by atoms with E-state index in [1.54, 1.807) is 30.3 Å². The third-order valence-electron chi connectivity index (χ3n) is 6.41. The lowest BCUT2D eigenvalue weighted by Crippen LogP contribution is -2.39. The maximum absolute atomic E-state index is 13.5. The molecule has 2 atom stereocenters. The Balaban J connectivity index is 1.63. The number of nitrogens with two attached hydrogens (primary N) is 1. The van der Waals surface area contributed by atoms with Gasteiger partial charge in [0.25, 0.3) is 0 Å². The average molecular weight is 583 g/mol. The fourth-order valence-electron chi connectivity index (χ4n) is 4.03. The molecule has 1 aromatic carbocycles. The summed E-state index contributed by atoms with van der Waals surface area (Å²) in [7, 11) is -3.68. The van der Waals surface area contributed by atoms with Crippen LogP contribution in [0.25, 0.3) is 21.3 Å². The van der Waals surface area contributed by atoms with Crippen LogP contribution < -0.4 is 10.5 Å². The molecule has 1 aliphatic rings. The van der Waals surface area contributed by atoms with E-state index in [1.807, 2.05) is 0 Å². The monoisotopic (exact) mass is 582 g/mol. The van der Waals surface area contributed by atoms with Crippen molar-refractivity contribution in [2.45, 2.75) is 42.8 Å². The minimum absolute atomic E-state index is 0.166. The second kappa shape index (κ2) is 9.45. The summed E-state index contributed by atoms with van der Waals surface area (Å²) in [4.78, 5) is 9.12. The highest BCUT2D eigenvalue weighted by molar-refractivity contribution is 7.90. The summed E-state index contributed by atoms with van der Waals surface area (Å²) in [5.41, 5.74) is 3.45. The Morgan fingerprint density at radius 1 is 1.18 bits per heavy atom. The van der Waals surface area contributed by atoms with Gasteiger partial charge >= 0.3 is 6.18 Å². The first-order chi connectivity index (χ1) is 17.8. The second-order valence-electron chi connectivity index (χ2n) is 9.27. The minimum Gasteiger partial charge on any atom is -0.384 e. The third-order valence-corrected chi connectivity index (χ3v) is 9.89. The summed E-state index contributed by atoms with van der Waals surface area (Å²) in [5, 5.41) is 10.6. The molecule has 5 rings (SSSR count). The van der Waals surface area contributed by atoms with Crippen molar-refractivity contribution in [1.29, 1.82) is 0 Å². The molecule has 200 valence electrons. The molecule has 0 saturated heterocycles. The molecule has 3 aromatic heterocycles. The molecule has 0 bridgehead atoms. The molecule has 1 fully saturated rings. The number of pyridine rings is 2. The van der Waals surface area contributed by atoms with E-state index < -0.39 is 33.1 Å². The second-order valence-corrected chi connectivity index (χ2v) is 12.8. The number of aliphatic hydroxyl groups is 1. The van der Waals surface area contributed by atoms with Crippen LogP contribution in [0.2, 0.25) is 5.02 Å². The van der Waals surface area contributed by atoms with Crippen molar-refractivity contribution in [2.24, 2.45) is 0 Å². The largest absolute Gasteiger partial charge is 0.421 e. The molecule has 0 spiro atoms. The van der Waals surface area contributed by atoms with Crippen LogP contribution in [-0.2, 0) is 15.6 Å². The Morgan fingerprint density at radius 2 is 1.92 bits per heavy atom. The fraction of sp³-hybridized carbons (Fsp3) is 0.280. The number of rotatable bonds is 7. The van der Waals surface area contributed by atoms with Crippen molar-refractivity contribution in [1.82, 2.24) is 14.7 Å². The zero-order valence-corrected chi connectivity index (χ0v) is 22.2. The van der Waals surface area contributed by atoms with Gasteiger partial charge in [-0.25, -0.2) is 18.1 Å². The fourth-order valence-corrected chi connectivity index (χ4v) is 7.08. The molecule has 4 N–H and O–H groups in total. The SMILES string of the molecule is C[C@](O)(c1ccnc(-c2cccc3cc([C@H](NS(=O)(=O)C4CC4)c4nc(N)ccc4Cl)sc23)c1)C(F)(F)F. The van der Waals surface area contributed by atoms with E-state index in [1.165, 1.54) is 29.7 Å². The van der Waals surface area contributed by atoms with E-state index in [4.69, 9.17) is 17.3 Å². The van der Waals surface area contributed by atoms with E-state index in [0.717, 1.165) is 6.07 Å². The van der Waals surface area contributed by atoms with Gasteiger partial charge in [-0.05, 0) is 61.0 Å². The van der Waals surface area contributed by atoms with Gasteiger partial charge in [-0.1, -0.05) is 29.8 Å². The number of fused-ring (bicyclic) bond motifs is 1. The standard InChI is InChI=1S/C25H22ClF3N4O3S2/c1-24(34,25(27,28)29)14-9-10-31-18(12-14)16-4-2-3-13-11-19(37-23(13)16)22(33-38(35,36)15-5-6-15)21-17(26)7-8-20(30)32-21/h2-4,7-12,15,22,33-34H,5-6H2,1H3,(H2,30,32)/t22-,24-/m0/s1. The zero-order chi connectivity index (χ0) is 27.5. The number of hydrogen-bond donors (Lipinski definition) is 3. The van der Waals surface area contributed by atoms with Crippen LogP contribution in [0, 0.1) is 0 Å². The van der Waals surface area contributed by atoms with E-state index >= 15 is 0 Å². The highest BCUT2D eigenvalue weighted by Gasteiger charge is 2.51. The Hall–Kier alpha value is -2.77. The summed E-state index contributed by atoms with van der Waals surface area (Å²) in [6.07, 6.45) is -2.56. The van der Waals surface area contributed by atoms with Crippen LogP contribution >= 0.6 is 22.9 Å². The maximum atomic E-state index is 13.5. The molecule has 4 aromatic rings. The van der Waals surface area contributed by atoms with Crippen LogP contribution in [0.3, 0.4) is 0 Å². The molecule has 0 radical (unpaired) electrons. The topological polar surface area (TPSA) is 118 Å². The van der Waals surface area contributed by atoms with E-state index in [-0.39, 0.29) is 27.8 Å². The van der Waals surface area contributed by atoms with Crippen LogP contribution in [0.15, 0.2) is 54.7 Å². The molecular formula is C25H22ClF3N4O3S2. The van der Waals surface area contributed by atoms with Crippen LogP contribution in [0.1, 0.15) is 41.9 Å². The lowest BCUT2D eigenvalue weighted by Gasteiger charge is -2.26. The predicted octanol–water partition coefficient (Wildman–Crippen LogP) is 5.53. The minimum atomic E-state index is -4.89. The number of hydrogen-bond acceptors (Lipinski definition) is 7. The molecule has 1 aliphatic carbocycles. The van der Waals surface area contributed by atoms with Gasteiger partial charge < -0.3 is 10.8 Å². The molecule has 13 heteroatoms. The number of nitrogen functional groups attached to an aromatic ring is 1. The first-order valence-corrected chi connectivity index (χ1v) is 14.2. The summed E-state index contributed by atoms with van der Waals surface area (Å²) < 4.78 is 69.6. The molecule has 1 saturated carbocycles. The zero-order valence-electron chi connectivity index (χ0n) is 19.8. The number of anilines is 1. The Kier molecular flexibility index (Phi) is 6.67. The summed E-state index contributed by atoms with van der Waals surface area (Å²) >= 11 is 7.65. The number of thiophene rings is 1. The smallest absolute Gasteiger partial charge is 0.384 e. The summed E-state index contributed by atoms with van der Waals surface area (Å²) in [6, 6.07) is 11.4. The first-order valence-electron chi connectivity index (χ1n) is 11.5. The van der Waals surface area contributed by atoms with E-state index in [2.05, 4.69) is 14.7 Å². The highest BCUT2D eigenvalue weighted by atomic mass is 35.5. The number of nitrogens with one attached hydrogen (secondary N) is 1. The van der Waals surface area contributed by atoms with E-state index in [0.29, 0.717) is 40.3 Å². The number of nitrogens with zero attached hydrogens (tertiary/aromatic N) is 2.